The molecule has 0 aliphatic heterocycles. The summed E-state index contributed by atoms with van der Waals surface area (Å²) in [4.78, 5) is 28.1. The Hall–Kier alpha value is -3.07. The van der Waals surface area contributed by atoms with Gasteiger partial charge in [0.2, 0.25) is 0 Å². The highest BCUT2D eigenvalue weighted by molar-refractivity contribution is 5.96. The summed E-state index contributed by atoms with van der Waals surface area (Å²) in [5.74, 6) is 2.29. The van der Waals surface area contributed by atoms with Crippen molar-refractivity contribution in [2.75, 3.05) is 13.6 Å². The Morgan fingerprint density at radius 3 is 3.14 bits per heavy atom. The molecule has 0 bridgehead atoms. The SMILES string of the molecule is C#CCN(C)C(=O)c1cc(-c2ncnc3[nH]ccc23)c[nH]1.[HH].[HH]. The molecular formula is C15H17N5O. The van der Waals surface area contributed by atoms with Gasteiger partial charge in [-0.15, -0.1) is 6.42 Å². The number of H-pyrrole nitrogens is 2. The van der Waals surface area contributed by atoms with Crippen molar-refractivity contribution in [1.82, 2.24) is 24.8 Å². The molecule has 3 heterocycles. The number of rotatable bonds is 3. The maximum Gasteiger partial charge on any atom is 0.270 e. The van der Waals surface area contributed by atoms with E-state index in [0.29, 0.717) is 5.69 Å². The van der Waals surface area contributed by atoms with Gasteiger partial charge in [0.05, 0.1) is 12.2 Å². The molecule has 0 saturated heterocycles. The minimum Gasteiger partial charge on any atom is -0.357 e. The van der Waals surface area contributed by atoms with E-state index in [1.807, 2.05) is 12.3 Å². The lowest BCUT2D eigenvalue weighted by molar-refractivity contribution is 0.0807. The molecule has 0 aliphatic carbocycles. The fraction of sp³-hybridized carbons (Fsp3) is 0.133. The van der Waals surface area contributed by atoms with Gasteiger partial charge in [-0.3, -0.25) is 4.79 Å². The maximum absolute atomic E-state index is 12.2. The first-order valence-electron chi connectivity index (χ1n) is 6.36. The van der Waals surface area contributed by atoms with Crippen LogP contribution >= 0.6 is 0 Å². The molecule has 0 aliphatic rings. The van der Waals surface area contributed by atoms with Crippen LogP contribution in [0.3, 0.4) is 0 Å². The number of nitrogens with one attached hydrogen (secondary N) is 2. The summed E-state index contributed by atoms with van der Waals surface area (Å²) < 4.78 is 0. The largest absolute Gasteiger partial charge is 0.357 e. The van der Waals surface area contributed by atoms with E-state index in [1.54, 1.807) is 19.3 Å². The topological polar surface area (TPSA) is 77.7 Å². The fourth-order valence-electron chi connectivity index (χ4n) is 2.17. The van der Waals surface area contributed by atoms with Crippen LogP contribution in [-0.2, 0) is 0 Å². The second-order valence-electron chi connectivity index (χ2n) is 4.63. The molecule has 0 unspecified atom stereocenters. The number of amides is 1. The lowest BCUT2D eigenvalue weighted by Gasteiger charge is -2.11. The third-order valence-corrected chi connectivity index (χ3v) is 3.22. The Morgan fingerprint density at radius 2 is 2.33 bits per heavy atom. The van der Waals surface area contributed by atoms with Crippen LogP contribution in [0.4, 0.5) is 0 Å². The zero-order chi connectivity index (χ0) is 14.8. The van der Waals surface area contributed by atoms with Gasteiger partial charge in [-0.1, -0.05) is 5.92 Å². The molecule has 1 amide bonds. The van der Waals surface area contributed by atoms with Crippen molar-refractivity contribution >= 4 is 16.9 Å². The zero-order valence-corrected chi connectivity index (χ0v) is 11.4. The first kappa shape index (κ1) is 12.9. The predicted octanol–water partition coefficient (Wildman–Crippen LogP) is 2.15. The summed E-state index contributed by atoms with van der Waals surface area (Å²) in [6.07, 6.45) is 10.3. The van der Waals surface area contributed by atoms with E-state index in [1.165, 1.54) is 11.2 Å². The van der Waals surface area contributed by atoms with Crippen molar-refractivity contribution in [1.29, 1.82) is 0 Å². The van der Waals surface area contributed by atoms with Crippen LogP contribution in [0, 0.1) is 12.3 Å². The molecule has 3 rings (SSSR count). The number of nitrogens with zero attached hydrogens (tertiary/aromatic N) is 3. The molecule has 0 fully saturated rings. The zero-order valence-electron chi connectivity index (χ0n) is 11.4. The summed E-state index contributed by atoms with van der Waals surface area (Å²) in [6.45, 7) is 0.267. The van der Waals surface area contributed by atoms with Crippen molar-refractivity contribution in [3.63, 3.8) is 0 Å². The van der Waals surface area contributed by atoms with Crippen LogP contribution in [0.5, 0.6) is 0 Å². The molecule has 0 saturated carbocycles. The highest BCUT2D eigenvalue weighted by Crippen LogP contribution is 2.25. The molecule has 6 heteroatoms. The lowest BCUT2D eigenvalue weighted by Crippen LogP contribution is -2.27. The Morgan fingerprint density at radius 1 is 1.48 bits per heavy atom. The van der Waals surface area contributed by atoms with Gasteiger partial charge >= 0.3 is 0 Å². The van der Waals surface area contributed by atoms with Crippen LogP contribution < -0.4 is 0 Å². The average molecular weight is 283 g/mol. The predicted molar refractivity (Wildman–Crippen MR) is 83.7 cm³/mol. The number of aromatic nitrogens is 4. The van der Waals surface area contributed by atoms with Gasteiger partial charge in [0, 0.05) is 33.2 Å². The molecule has 108 valence electrons. The van der Waals surface area contributed by atoms with Crippen molar-refractivity contribution < 1.29 is 7.65 Å². The van der Waals surface area contributed by atoms with Gasteiger partial charge in [-0.05, 0) is 12.1 Å². The van der Waals surface area contributed by atoms with Gasteiger partial charge in [-0.25, -0.2) is 9.97 Å². The van der Waals surface area contributed by atoms with Crippen molar-refractivity contribution in [2.24, 2.45) is 0 Å². The van der Waals surface area contributed by atoms with E-state index in [9.17, 15) is 4.79 Å². The van der Waals surface area contributed by atoms with E-state index in [2.05, 4.69) is 25.9 Å². The number of hydrogen-bond donors (Lipinski definition) is 2. The van der Waals surface area contributed by atoms with Gasteiger partial charge < -0.3 is 14.9 Å². The minimum atomic E-state index is -0.154. The number of hydrogen-bond acceptors (Lipinski definition) is 3. The summed E-state index contributed by atoms with van der Waals surface area (Å²) in [5.41, 5.74) is 2.85. The van der Waals surface area contributed by atoms with Crippen LogP contribution in [0.2, 0.25) is 0 Å². The summed E-state index contributed by atoms with van der Waals surface area (Å²) in [6, 6.07) is 3.67. The Bertz CT molecular complexity index is 849. The normalized spacial score (nSPS) is 10.5. The number of terminal acetylenes is 1. The van der Waals surface area contributed by atoms with E-state index in [0.717, 1.165) is 22.3 Å². The van der Waals surface area contributed by atoms with Crippen LogP contribution in [0.25, 0.3) is 22.3 Å². The van der Waals surface area contributed by atoms with Gasteiger partial charge in [-0.2, -0.15) is 0 Å². The quantitative estimate of drug-likeness (QED) is 0.723. The summed E-state index contributed by atoms with van der Waals surface area (Å²) >= 11 is 0. The molecule has 21 heavy (non-hydrogen) atoms. The number of fused-ring (bicyclic) bond motifs is 1. The second kappa shape index (κ2) is 5.13. The number of carbonyl (C=O) groups is 1. The second-order valence-corrected chi connectivity index (χ2v) is 4.63. The molecular weight excluding hydrogens is 266 g/mol. The number of carbonyl (C=O) groups excluding carboxylic acids is 1. The first-order valence-corrected chi connectivity index (χ1v) is 6.36. The summed E-state index contributed by atoms with van der Waals surface area (Å²) in [5, 5.41) is 0.910. The van der Waals surface area contributed by atoms with Gasteiger partial charge in [0.1, 0.15) is 17.7 Å². The standard InChI is InChI=1S/C15H13N5O.2H2/c1-3-6-20(2)15(21)12-7-10(8-17-12)13-11-4-5-16-14(11)19-9-18-13;;/h1,4-5,7-9,17H,6H2,2H3,(H,16,18,19);2*1H. The van der Waals surface area contributed by atoms with Gasteiger partial charge in [0.25, 0.3) is 5.91 Å². The Labute approximate surface area is 124 Å². The fourth-order valence-corrected chi connectivity index (χ4v) is 2.17. The minimum absolute atomic E-state index is 0. The highest BCUT2D eigenvalue weighted by atomic mass is 16.2. The maximum atomic E-state index is 12.2. The molecule has 3 aromatic heterocycles. The Balaban J connectivity index is 0.00000132. The monoisotopic (exact) mass is 283 g/mol. The highest BCUT2D eigenvalue weighted by Gasteiger charge is 2.15. The molecule has 3 aromatic rings. The van der Waals surface area contributed by atoms with Crippen LogP contribution in [0.1, 0.15) is 13.3 Å². The van der Waals surface area contributed by atoms with E-state index in [-0.39, 0.29) is 15.3 Å². The third-order valence-electron chi connectivity index (χ3n) is 3.22. The first-order chi connectivity index (χ1) is 10.2. The van der Waals surface area contributed by atoms with Crippen molar-refractivity contribution in [3.8, 4) is 23.6 Å². The average Bonchev–Trinajstić information content (AvgIpc) is 3.15. The van der Waals surface area contributed by atoms with Crippen molar-refractivity contribution in [3.05, 3.63) is 36.5 Å². The Kier molecular flexibility index (Phi) is 3.16. The smallest absolute Gasteiger partial charge is 0.270 e. The molecule has 0 atom stereocenters. The third kappa shape index (κ3) is 2.25. The van der Waals surface area contributed by atoms with E-state index in [4.69, 9.17) is 6.42 Å². The van der Waals surface area contributed by atoms with E-state index >= 15 is 0 Å². The van der Waals surface area contributed by atoms with Crippen LogP contribution in [0.15, 0.2) is 30.9 Å². The summed E-state index contributed by atoms with van der Waals surface area (Å²) in [7, 11) is 1.66. The molecule has 6 nitrogen and oxygen atoms in total. The molecule has 2 N–H and O–H groups in total. The number of aromatic amines is 2. The lowest BCUT2D eigenvalue weighted by atomic mass is 10.1. The molecule has 0 aromatic carbocycles. The molecule has 0 radical (unpaired) electrons. The van der Waals surface area contributed by atoms with Crippen molar-refractivity contribution in [2.45, 2.75) is 0 Å². The van der Waals surface area contributed by atoms with Crippen LogP contribution in [-0.4, -0.2) is 44.3 Å². The molecule has 0 spiro atoms. The van der Waals surface area contributed by atoms with Gasteiger partial charge in [0.15, 0.2) is 0 Å². The van der Waals surface area contributed by atoms with E-state index < -0.39 is 0 Å².